The van der Waals surface area contributed by atoms with Crippen LogP contribution in [0.5, 0.6) is 0 Å². The van der Waals surface area contributed by atoms with Gasteiger partial charge in [-0.2, -0.15) is 13.2 Å². The molecule has 1 N–H and O–H groups in total. The normalized spacial score (nSPS) is 14.6. The highest BCUT2D eigenvalue weighted by atomic mass is 35.5. The lowest BCUT2D eigenvalue weighted by Gasteiger charge is -2.15. The van der Waals surface area contributed by atoms with E-state index < -0.39 is 17.6 Å². The van der Waals surface area contributed by atoms with E-state index in [2.05, 4.69) is 15.3 Å². The third kappa shape index (κ3) is 4.01. The molecule has 0 aliphatic carbocycles. The van der Waals surface area contributed by atoms with Gasteiger partial charge in [0.05, 0.1) is 21.8 Å². The van der Waals surface area contributed by atoms with Crippen LogP contribution >= 0.6 is 11.6 Å². The highest BCUT2D eigenvalue weighted by Gasteiger charge is 2.31. The molecule has 9 heteroatoms. The van der Waals surface area contributed by atoms with Gasteiger partial charge in [-0.05, 0) is 31.0 Å². The van der Waals surface area contributed by atoms with E-state index in [1.165, 1.54) is 12.4 Å². The number of rotatable bonds is 3. The van der Waals surface area contributed by atoms with Crippen LogP contribution in [0.15, 0.2) is 30.6 Å². The number of carbonyl (C=O) groups is 1. The van der Waals surface area contributed by atoms with E-state index in [0.717, 1.165) is 44.1 Å². The van der Waals surface area contributed by atoms with Gasteiger partial charge >= 0.3 is 6.18 Å². The van der Waals surface area contributed by atoms with Crippen molar-refractivity contribution < 1.29 is 18.0 Å². The van der Waals surface area contributed by atoms with Gasteiger partial charge in [-0.1, -0.05) is 11.6 Å². The Morgan fingerprint density at radius 3 is 2.40 bits per heavy atom. The minimum atomic E-state index is -4.52. The van der Waals surface area contributed by atoms with Crippen LogP contribution in [0.1, 0.15) is 28.8 Å². The molecule has 5 nitrogen and oxygen atoms in total. The molecule has 1 aliphatic rings. The second-order valence-corrected chi connectivity index (χ2v) is 6.02. The molecule has 0 unspecified atom stereocenters. The van der Waals surface area contributed by atoms with Gasteiger partial charge in [-0.15, -0.1) is 0 Å². The number of anilines is 2. The number of benzene rings is 1. The largest absolute Gasteiger partial charge is 0.416 e. The smallest absolute Gasteiger partial charge is 0.341 e. The number of hydrogen-bond donors (Lipinski definition) is 1. The molecule has 1 saturated heterocycles. The van der Waals surface area contributed by atoms with Crippen molar-refractivity contribution in [1.82, 2.24) is 9.97 Å². The minimum Gasteiger partial charge on any atom is -0.341 e. The van der Waals surface area contributed by atoms with E-state index in [1.807, 2.05) is 4.90 Å². The minimum absolute atomic E-state index is 0.0101. The average molecular weight is 371 g/mol. The van der Waals surface area contributed by atoms with E-state index in [0.29, 0.717) is 5.95 Å². The van der Waals surface area contributed by atoms with Gasteiger partial charge in [-0.25, -0.2) is 9.97 Å². The predicted octanol–water partition coefficient (Wildman–Crippen LogP) is 4.00. The summed E-state index contributed by atoms with van der Waals surface area (Å²) in [5.74, 6) is -0.0969. The number of amides is 1. The Bertz CT molecular complexity index is 774. The van der Waals surface area contributed by atoms with Crippen LogP contribution in [0.3, 0.4) is 0 Å². The molecule has 3 rings (SSSR count). The van der Waals surface area contributed by atoms with Crippen LogP contribution < -0.4 is 10.2 Å². The Morgan fingerprint density at radius 1 is 1.16 bits per heavy atom. The monoisotopic (exact) mass is 370 g/mol. The summed E-state index contributed by atoms with van der Waals surface area (Å²) in [5.41, 5.74) is -0.880. The predicted molar refractivity (Wildman–Crippen MR) is 87.9 cm³/mol. The SMILES string of the molecule is O=C(Nc1cc(C(F)(F)F)ccc1Cl)c1cnc(N2CCCC2)nc1. The van der Waals surface area contributed by atoms with Gasteiger partial charge < -0.3 is 10.2 Å². The first-order valence-corrected chi connectivity index (χ1v) is 7.97. The van der Waals surface area contributed by atoms with Crippen LogP contribution in [0.2, 0.25) is 5.02 Å². The Morgan fingerprint density at radius 2 is 1.80 bits per heavy atom. The second-order valence-electron chi connectivity index (χ2n) is 5.61. The summed E-state index contributed by atoms with van der Waals surface area (Å²) in [5, 5.41) is 2.37. The number of nitrogens with one attached hydrogen (secondary N) is 1. The Hall–Kier alpha value is -2.35. The first-order chi connectivity index (χ1) is 11.8. The Balaban J connectivity index is 1.76. The summed E-state index contributed by atoms with van der Waals surface area (Å²) < 4.78 is 38.3. The van der Waals surface area contributed by atoms with Gasteiger partial charge in [-0.3, -0.25) is 4.79 Å². The Labute approximate surface area is 146 Å². The first kappa shape index (κ1) is 17.5. The molecule has 2 heterocycles. The number of hydrogen-bond acceptors (Lipinski definition) is 4. The van der Waals surface area contributed by atoms with Crippen molar-refractivity contribution in [3.63, 3.8) is 0 Å². The molecular formula is C16H14ClF3N4O. The fraction of sp³-hybridized carbons (Fsp3) is 0.312. The number of aromatic nitrogens is 2. The van der Waals surface area contributed by atoms with Crippen molar-refractivity contribution >= 4 is 29.1 Å². The quantitative estimate of drug-likeness (QED) is 0.887. The summed E-state index contributed by atoms with van der Waals surface area (Å²) in [6.07, 6.45) is 0.304. The van der Waals surface area contributed by atoms with Gasteiger partial charge in [0.2, 0.25) is 5.95 Å². The Kier molecular flexibility index (Phi) is 4.80. The first-order valence-electron chi connectivity index (χ1n) is 7.60. The molecule has 1 fully saturated rings. The zero-order valence-corrected chi connectivity index (χ0v) is 13.7. The summed E-state index contributed by atoms with van der Waals surface area (Å²) in [7, 11) is 0. The maximum Gasteiger partial charge on any atom is 0.416 e. The number of alkyl halides is 3. The topological polar surface area (TPSA) is 58.1 Å². The van der Waals surface area contributed by atoms with Gasteiger partial charge in [0, 0.05) is 25.5 Å². The fourth-order valence-electron chi connectivity index (χ4n) is 2.51. The summed E-state index contributed by atoms with van der Waals surface area (Å²) in [6, 6.07) is 2.73. The molecule has 1 aliphatic heterocycles. The molecule has 1 aromatic carbocycles. The van der Waals surface area contributed by atoms with Gasteiger partial charge in [0.25, 0.3) is 5.91 Å². The number of nitrogens with zero attached hydrogens (tertiary/aromatic N) is 3. The lowest BCUT2D eigenvalue weighted by atomic mass is 10.2. The lowest BCUT2D eigenvalue weighted by Crippen LogP contribution is -2.21. The molecule has 2 aromatic rings. The molecule has 0 spiro atoms. The van der Waals surface area contributed by atoms with E-state index in [1.54, 1.807) is 0 Å². The molecular weight excluding hydrogens is 357 g/mol. The van der Waals surface area contributed by atoms with Crippen molar-refractivity contribution in [3.8, 4) is 0 Å². The van der Waals surface area contributed by atoms with Crippen molar-refractivity contribution in [2.24, 2.45) is 0 Å². The maximum atomic E-state index is 12.8. The van der Waals surface area contributed by atoms with E-state index >= 15 is 0 Å². The molecule has 0 atom stereocenters. The highest BCUT2D eigenvalue weighted by Crippen LogP contribution is 2.34. The zero-order chi connectivity index (χ0) is 18.0. The average Bonchev–Trinajstić information content (AvgIpc) is 3.10. The van der Waals surface area contributed by atoms with Crippen LogP contribution in [0, 0.1) is 0 Å². The lowest BCUT2D eigenvalue weighted by molar-refractivity contribution is -0.137. The molecule has 25 heavy (non-hydrogen) atoms. The van der Waals surface area contributed by atoms with Crippen molar-refractivity contribution in [2.75, 3.05) is 23.3 Å². The van der Waals surface area contributed by atoms with E-state index in [4.69, 9.17) is 11.6 Å². The number of halogens is 4. The third-order valence-corrected chi connectivity index (χ3v) is 4.16. The summed E-state index contributed by atoms with van der Waals surface area (Å²) in [6.45, 7) is 1.73. The summed E-state index contributed by atoms with van der Waals surface area (Å²) in [4.78, 5) is 22.5. The van der Waals surface area contributed by atoms with Crippen molar-refractivity contribution in [2.45, 2.75) is 19.0 Å². The molecule has 1 aromatic heterocycles. The van der Waals surface area contributed by atoms with Gasteiger partial charge in [0.1, 0.15) is 0 Å². The molecule has 0 radical (unpaired) electrons. The second kappa shape index (κ2) is 6.87. The van der Waals surface area contributed by atoms with Crippen LogP contribution in [-0.4, -0.2) is 29.0 Å². The van der Waals surface area contributed by atoms with E-state index in [-0.39, 0.29) is 16.3 Å². The summed E-state index contributed by atoms with van der Waals surface area (Å²) >= 11 is 5.87. The van der Waals surface area contributed by atoms with Crippen LogP contribution in [0.25, 0.3) is 0 Å². The molecule has 132 valence electrons. The van der Waals surface area contributed by atoms with E-state index in [9.17, 15) is 18.0 Å². The van der Waals surface area contributed by atoms with Gasteiger partial charge in [0.15, 0.2) is 0 Å². The standard InChI is InChI=1S/C16H14ClF3N4O/c17-12-4-3-11(16(18,19)20)7-13(12)23-14(25)10-8-21-15(22-9-10)24-5-1-2-6-24/h3-4,7-9H,1-2,5-6H2,(H,23,25). The zero-order valence-electron chi connectivity index (χ0n) is 13.0. The molecule has 0 bridgehead atoms. The van der Waals surface area contributed by atoms with Crippen molar-refractivity contribution in [1.29, 1.82) is 0 Å². The molecule has 0 saturated carbocycles. The fourth-order valence-corrected chi connectivity index (χ4v) is 2.68. The van der Waals surface area contributed by atoms with Crippen molar-refractivity contribution in [3.05, 3.63) is 46.7 Å². The van der Waals surface area contributed by atoms with Crippen LogP contribution in [-0.2, 0) is 6.18 Å². The maximum absolute atomic E-state index is 12.8. The molecule has 1 amide bonds. The highest BCUT2D eigenvalue weighted by molar-refractivity contribution is 6.34. The number of carbonyl (C=O) groups excluding carboxylic acids is 1. The van der Waals surface area contributed by atoms with Crippen LogP contribution in [0.4, 0.5) is 24.8 Å². The third-order valence-electron chi connectivity index (χ3n) is 3.83.